The molecule has 4 unspecified atom stereocenters. The summed E-state index contributed by atoms with van der Waals surface area (Å²) in [5.74, 6) is 1.80. The molecule has 0 amide bonds. The zero-order chi connectivity index (χ0) is 19.1. The normalized spacial score (nSPS) is 33.4. The molecule has 2 saturated carbocycles. The van der Waals surface area contributed by atoms with Crippen LogP contribution in [0.15, 0.2) is 0 Å². The van der Waals surface area contributed by atoms with E-state index in [1.807, 2.05) is 0 Å². The number of thiazole rings is 1. The van der Waals surface area contributed by atoms with Crippen molar-refractivity contribution in [3.63, 3.8) is 0 Å². The van der Waals surface area contributed by atoms with Crippen LogP contribution < -0.4 is 10.6 Å². The molecular weight excluding hydrogens is 380 g/mol. The van der Waals surface area contributed by atoms with Crippen molar-refractivity contribution in [2.45, 2.75) is 75.7 Å². The Morgan fingerprint density at radius 3 is 2.04 bits per heavy atom. The zero-order valence-corrected chi connectivity index (χ0v) is 16.8. The predicted octanol–water partition coefficient (Wildman–Crippen LogP) is 3.79. The van der Waals surface area contributed by atoms with Crippen molar-refractivity contribution < 1.29 is 14.4 Å². The fourth-order valence-corrected chi connectivity index (χ4v) is 5.29. The smallest absolute Gasteiger partial charge is 0.369 e. The highest BCUT2D eigenvalue weighted by atomic mass is 32.1. The third-order valence-corrected chi connectivity index (χ3v) is 7.31. The Morgan fingerprint density at radius 2 is 1.50 bits per heavy atom. The molecule has 4 aliphatic rings. The van der Waals surface area contributed by atoms with Gasteiger partial charge in [-0.3, -0.25) is 10.1 Å². The van der Waals surface area contributed by atoms with E-state index in [0.29, 0.717) is 41.6 Å². The average molecular weight is 409 g/mol. The summed E-state index contributed by atoms with van der Waals surface area (Å²) in [4.78, 5) is 15.8. The van der Waals surface area contributed by atoms with Gasteiger partial charge in [-0.15, -0.1) is 0 Å². The van der Waals surface area contributed by atoms with E-state index >= 15 is 0 Å². The van der Waals surface area contributed by atoms with Crippen molar-refractivity contribution in [2.75, 3.05) is 23.8 Å². The second-order valence-electron chi connectivity index (χ2n) is 8.65. The number of nitrogens with one attached hydrogen (secondary N) is 2. The van der Waals surface area contributed by atoms with Gasteiger partial charge in [0.2, 0.25) is 5.82 Å². The van der Waals surface area contributed by atoms with Crippen LogP contribution in [0.4, 0.5) is 16.0 Å². The van der Waals surface area contributed by atoms with E-state index in [9.17, 15) is 10.1 Å². The second-order valence-corrected chi connectivity index (χ2v) is 9.63. The Labute approximate surface area is 168 Å². The van der Waals surface area contributed by atoms with Crippen LogP contribution >= 0.6 is 11.3 Å². The Balaban J connectivity index is 1.24. The molecule has 4 fully saturated rings. The lowest BCUT2D eigenvalue weighted by atomic mass is 10.00. The first-order valence-corrected chi connectivity index (χ1v) is 11.4. The molecule has 3 heterocycles. The van der Waals surface area contributed by atoms with E-state index in [-0.39, 0.29) is 22.0 Å². The van der Waals surface area contributed by atoms with E-state index in [1.165, 1.54) is 25.7 Å². The first-order valence-electron chi connectivity index (χ1n) is 10.6. The van der Waals surface area contributed by atoms with E-state index < -0.39 is 0 Å². The van der Waals surface area contributed by atoms with Crippen LogP contribution in [0, 0.1) is 22.0 Å². The number of hydrogen-bond acceptors (Lipinski definition) is 8. The van der Waals surface area contributed by atoms with Gasteiger partial charge in [-0.2, -0.15) is 4.98 Å². The van der Waals surface area contributed by atoms with Gasteiger partial charge < -0.3 is 20.1 Å². The molecule has 1 aromatic heterocycles. The number of nitro groups is 1. The van der Waals surface area contributed by atoms with E-state index in [2.05, 4.69) is 15.6 Å². The monoisotopic (exact) mass is 408 g/mol. The predicted molar refractivity (Wildman–Crippen MR) is 107 cm³/mol. The summed E-state index contributed by atoms with van der Waals surface area (Å²) in [6.45, 7) is 1.47. The molecule has 0 bridgehead atoms. The van der Waals surface area contributed by atoms with Crippen LogP contribution in [-0.4, -0.2) is 47.4 Å². The molecule has 0 radical (unpaired) electrons. The van der Waals surface area contributed by atoms with Crippen LogP contribution in [0.2, 0.25) is 0 Å². The zero-order valence-electron chi connectivity index (χ0n) is 16.0. The van der Waals surface area contributed by atoms with Crippen molar-refractivity contribution in [1.29, 1.82) is 0 Å². The molecule has 28 heavy (non-hydrogen) atoms. The first kappa shape index (κ1) is 18.6. The van der Waals surface area contributed by atoms with Gasteiger partial charge >= 0.3 is 5.00 Å². The SMILES string of the molecule is O=[N+]([O-])c1sc(NC2CCOC(C3CC3)C2)nc1NC1CCOC(C2CC2)C1. The third kappa shape index (κ3) is 4.26. The average Bonchev–Trinajstić information content (AvgIpc) is 3.60. The Morgan fingerprint density at radius 1 is 0.929 bits per heavy atom. The number of nitrogens with zero attached hydrogens (tertiary/aromatic N) is 2. The van der Waals surface area contributed by atoms with Crippen molar-refractivity contribution in [2.24, 2.45) is 11.8 Å². The lowest BCUT2D eigenvalue weighted by Crippen LogP contribution is -2.35. The van der Waals surface area contributed by atoms with Gasteiger partial charge in [-0.25, -0.2) is 0 Å². The molecule has 9 heteroatoms. The molecule has 2 saturated heterocycles. The Hall–Kier alpha value is -1.45. The van der Waals surface area contributed by atoms with E-state index in [1.54, 1.807) is 0 Å². The van der Waals surface area contributed by atoms with Crippen LogP contribution in [0.25, 0.3) is 0 Å². The van der Waals surface area contributed by atoms with Crippen LogP contribution in [-0.2, 0) is 9.47 Å². The van der Waals surface area contributed by atoms with Gasteiger partial charge in [0.25, 0.3) is 0 Å². The fraction of sp³-hybridized carbons (Fsp3) is 0.842. The minimum atomic E-state index is -0.320. The first-order chi connectivity index (χ1) is 13.7. The van der Waals surface area contributed by atoms with Gasteiger partial charge in [0, 0.05) is 25.3 Å². The topological polar surface area (TPSA) is 98.6 Å². The number of rotatable bonds is 7. The molecule has 1 aromatic rings. The summed E-state index contributed by atoms with van der Waals surface area (Å²) < 4.78 is 11.8. The van der Waals surface area contributed by atoms with Crippen molar-refractivity contribution >= 4 is 27.3 Å². The van der Waals surface area contributed by atoms with Gasteiger partial charge in [-0.1, -0.05) is 0 Å². The molecule has 0 aromatic carbocycles. The maximum Gasteiger partial charge on any atom is 0.369 e. The molecule has 0 spiro atoms. The highest BCUT2D eigenvalue weighted by Crippen LogP contribution is 2.41. The van der Waals surface area contributed by atoms with Gasteiger partial charge in [-0.05, 0) is 74.5 Å². The van der Waals surface area contributed by atoms with Gasteiger partial charge in [0.15, 0.2) is 5.13 Å². The van der Waals surface area contributed by atoms with Crippen molar-refractivity contribution in [3.8, 4) is 0 Å². The quantitative estimate of drug-likeness (QED) is 0.523. The molecule has 2 aliphatic carbocycles. The molecule has 154 valence electrons. The lowest BCUT2D eigenvalue weighted by molar-refractivity contribution is -0.379. The summed E-state index contributed by atoms with van der Waals surface area (Å²) in [5.41, 5.74) is 0. The number of ether oxygens (including phenoxy) is 2. The van der Waals surface area contributed by atoms with Crippen molar-refractivity contribution in [3.05, 3.63) is 10.1 Å². The van der Waals surface area contributed by atoms with Gasteiger partial charge in [0.1, 0.15) is 0 Å². The summed E-state index contributed by atoms with van der Waals surface area (Å²) in [5, 5.41) is 19.1. The maximum absolute atomic E-state index is 11.6. The van der Waals surface area contributed by atoms with Crippen molar-refractivity contribution in [1.82, 2.24) is 4.98 Å². The highest BCUT2D eigenvalue weighted by molar-refractivity contribution is 7.19. The minimum Gasteiger partial charge on any atom is -0.378 e. The summed E-state index contributed by atoms with van der Waals surface area (Å²) in [6, 6.07) is 0.468. The number of anilines is 2. The third-order valence-electron chi connectivity index (χ3n) is 6.37. The van der Waals surface area contributed by atoms with E-state index in [4.69, 9.17) is 9.47 Å². The lowest BCUT2D eigenvalue weighted by Gasteiger charge is -2.30. The fourth-order valence-electron chi connectivity index (χ4n) is 4.47. The number of hydrogen-bond donors (Lipinski definition) is 2. The van der Waals surface area contributed by atoms with Crippen LogP contribution in [0.3, 0.4) is 0 Å². The molecule has 2 aliphatic heterocycles. The van der Waals surface area contributed by atoms with Crippen LogP contribution in [0.1, 0.15) is 51.4 Å². The largest absolute Gasteiger partial charge is 0.378 e. The van der Waals surface area contributed by atoms with E-state index in [0.717, 1.165) is 43.6 Å². The molecule has 8 nitrogen and oxygen atoms in total. The number of aromatic nitrogens is 1. The molecular formula is C19H28N4O4S. The second kappa shape index (κ2) is 7.76. The summed E-state index contributed by atoms with van der Waals surface area (Å²) in [6.07, 6.45) is 9.30. The minimum absolute atomic E-state index is 0.0998. The molecule has 2 N–H and O–H groups in total. The summed E-state index contributed by atoms with van der Waals surface area (Å²) >= 11 is 1.14. The summed E-state index contributed by atoms with van der Waals surface area (Å²) in [7, 11) is 0. The van der Waals surface area contributed by atoms with Gasteiger partial charge in [0.05, 0.1) is 17.1 Å². The standard InChI is InChI=1S/C19H28N4O4S/c24-23(25)18-17(20-13-5-7-26-15(9-13)11-1-2-11)22-19(28-18)21-14-6-8-27-16(10-14)12-3-4-12/h11-16,20H,1-10H2,(H,21,22). The molecule has 5 rings (SSSR count). The Bertz CT molecular complexity index is 721. The highest BCUT2D eigenvalue weighted by Gasteiger charge is 2.38. The molecule has 4 atom stereocenters. The Kier molecular flexibility index (Phi) is 5.15. The maximum atomic E-state index is 11.6. The van der Waals surface area contributed by atoms with Crippen LogP contribution in [0.5, 0.6) is 0 Å².